The van der Waals surface area contributed by atoms with Crippen LogP contribution in [0.25, 0.3) is 0 Å². The van der Waals surface area contributed by atoms with Crippen LogP contribution in [-0.4, -0.2) is 31.5 Å². The van der Waals surface area contributed by atoms with Gasteiger partial charge in [-0.05, 0) is 25.7 Å². The maximum Gasteiger partial charge on any atom is 0.391 e. The number of halogens is 3. The van der Waals surface area contributed by atoms with Crippen molar-refractivity contribution >= 4 is 5.97 Å². The fourth-order valence-electron chi connectivity index (χ4n) is 3.49. The van der Waals surface area contributed by atoms with Gasteiger partial charge in [-0.3, -0.25) is 4.79 Å². The monoisotopic (exact) mass is 280 g/mol. The Morgan fingerprint density at radius 1 is 1.26 bits per heavy atom. The zero-order valence-electron chi connectivity index (χ0n) is 11.2. The molecule has 6 atom stereocenters. The minimum Gasteiger partial charge on any atom is -0.469 e. The Balaban J connectivity index is 2.25. The smallest absolute Gasteiger partial charge is 0.391 e. The van der Waals surface area contributed by atoms with Crippen molar-refractivity contribution < 1.29 is 27.4 Å². The maximum atomic E-state index is 12.9. The first kappa shape index (κ1) is 14.6. The highest BCUT2D eigenvalue weighted by Gasteiger charge is 2.56. The quantitative estimate of drug-likeness (QED) is 0.693. The van der Waals surface area contributed by atoms with Gasteiger partial charge in [0.05, 0.1) is 31.2 Å². The standard InChI is InChI=1S/C13H19F3O3/c1-6-7(2)19-10-5-8(13(14,15)16)4-9(11(6)10)12(17)18-3/h6-11H,4-5H2,1-3H3/t6-,7+,8-,9+,10-,11-/m0/s1. The first-order chi connectivity index (χ1) is 8.75. The molecule has 0 aromatic heterocycles. The summed E-state index contributed by atoms with van der Waals surface area (Å²) in [6.45, 7) is 3.78. The Kier molecular flexibility index (Phi) is 3.82. The minimum absolute atomic E-state index is 0.0453. The number of fused-ring (bicyclic) bond motifs is 1. The van der Waals surface area contributed by atoms with Crippen LogP contribution < -0.4 is 0 Å². The largest absolute Gasteiger partial charge is 0.469 e. The lowest BCUT2D eigenvalue weighted by molar-refractivity contribution is -0.202. The van der Waals surface area contributed by atoms with Gasteiger partial charge in [0, 0.05) is 5.92 Å². The highest BCUT2D eigenvalue weighted by atomic mass is 19.4. The number of methoxy groups -OCH3 is 1. The Hall–Kier alpha value is -0.780. The molecule has 0 spiro atoms. The molecule has 0 aromatic carbocycles. The van der Waals surface area contributed by atoms with Gasteiger partial charge in [-0.2, -0.15) is 13.2 Å². The molecule has 0 amide bonds. The molecule has 2 aliphatic rings. The highest BCUT2D eigenvalue weighted by molar-refractivity contribution is 5.73. The van der Waals surface area contributed by atoms with Crippen molar-refractivity contribution in [3.8, 4) is 0 Å². The fraction of sp³-hybridized carbons (Fsp3) is 0.923. The molecule has 2 fully saturated rings. The van der Waals surface area contributed by atoms with Crippen LogP contribution in [0.1, 0.15) is 26.7 Å². The number of rotatable bonds is 1. The third-order valence-corrected chi connectivity index (χ3v) is 4.65. The summed E-state index contributed by atoms with van der Waals surface area (Å²) in [7, 11) is 1.22. The van der Waals surface area contributed by atoms with Crippen molar-refractivity contribution in [3.05, 3.63) is 0 Å². The number of hydrogen-bond acceptors (Lipinski definition) is 3. The van der Waals surface area contributed by atoms with Gasteiger partial charge in [0.25, 0.3) is 0 Å². The maximum absolute atomic E-state index is 12.9. The van der Waals surface area contributed by atoms with E-state index >= 15 is 0 Å². The van der Waals surface area contributed by atoms with E-state index in [1.165, 1.54) is 7.11 Å². The van der Waals surface area contributed by atoms with E-state index in [1.807, 2.05) is 13.8 Å². The summed E-state index contributed by atoms with van der Waals surface area (Å²) >= 11 is 0. The average Bonchev–Trinajstić information content (AvgIpc) is 2.62. The van der Waals surface area contributed by atoms with Gasteiger partial charge < -0.3 is 9.47 Å². The average molecular weight is 280 g/mol. The second-order valence-corrected chi connectivity index (χ2v) is 5.66. The molecule has 1 saturated carbocycles. The van der Waals surface area contributed by atoms with Crippen LogP contribution in [0.3, 0.4) is 0 Å². The molecule has 0 radical (unpaired) electrons. The normalized spacial score (nSPS) is 42.8. The molecule has 0 unspecified atom stereocenters. The van der Waals surface area contributed by atoms with E-state index in [4.69, 9.17) is 4.74 Å². The summed E-state index contributed by atoms with van der Waals surface area (Å²) in [4.78, 5) is 11.8. The van der Waals surface area contributed by atoms with E-state index in [-0.39, 0.29) is 30.8 Å². The molecule has 1 saturated heterocycles. The SMILES string of the molecule is COC(=O)[C@@H]1C[C@H](C(F)(F)F)C[C@@H]2O[C@H](C)[C@H](C)[C@H]21. The lowest BCUT2D eigenvalue weighted by atomic mass is 9.68. The predicted octanol–water partition coefficient (Wildman–Crippen LogP) is 2.79. The zero-order chi connectivity index (χ0) is 14.4. The first-order valence-electron chi connectivity index (χ1n) is 6.55. The third-order valence-electron chi connectivity index (χ3n) is 4.65. The molecule has 1 aliphatic carbocycles. The Morgan fingerprint density at radius 2 is 1.89 bits per heavy atom. The number of esters is 1. The molecule has 110 valence electrons. The van der Waals surface area contributed by atoms with Crippen molar-refractivity contribution in [3.63, 3.8) is 0 Å². The summed E-state index contributed by atoms with van der Waals surface area (Å²) in [5, 5.41) is 0. The van der Waals surface area contributed by atoms with E-state index in [2.05, 4.69) is 4.74 Å². The molecule has 1 aliphatic heterocycles. The van der Waals surface area contributed by atoms with Crippen molar-refractivity contribution in [2.24, 2.45) is 23.7 Å². The van der Waals surface area contributed by atoms with Crippen LogP contribution in [0, 0.1) is 23.7 Å². The molecule has 0 N–H and O–H groups in total. The van der Waals surface area contributed by atoms with E-state index in [0.29, 0.717) is 0 Å². The van der Waals surface area contributed by atoms with Gasteiger partial charge in [-0.1, -0.05) is 6.92 Å². The fourth-order valence-corrected chi connectivity index (χ4v) is 3.49. The molecule has 0 bridgehead atoms. The van der Waals surface area contributed by atoms with Crippen LogP contribution in [0.5, 0.6) is 0 Å². The Bertz CT molecular complexity index is 356. The van der Waals surface area contributed by atoms with Crippen molar-refractivity contribution in [1.82, 2.24) is 0 Å². The summed E-state index contributed by atoms with van der Waals surface area (Å²) in [6, 6.07) is 0. The third kappa shape index (κ3) is 2.59. The molecule has 2 rings (SSSR count). The molecular weight excluding hydrogens is 261 g/mol. The number of carbonyl (C=O) groups is 1. The molecule has 19 heavy (non-hydrogen) atoms. The number of hydrogen-bond donors (Lipinski definition) is 0. The second kappa shape index (κ2) is 4.96. The van der Waals surface area contributed by atoms with E-state index in [1.54, 1.807) is 0 Å². The van der Waals surface area contributed by atoms with E-state index in [9.17, 15) is 18.0 Å². The topological polar surface area (TPSA) is 35.5 Å². The first-order valence-corrected chi connectivity index (χ1v) is 6.55. The van der Waals surface area contributed by atoms with Gasteiger partial charge in [0.1, 0.15) is 0 Å². The molecule has 6 heteroatoms. The predicted molar refractivity (Wildman–Crippen MR) is 61.3 cm³/mol. The van der Waals surface area contributed by atoms with Crippen molar-refractivity contribution in [2.45, 2.75) is 45.1 Å². The van der Waals surface area contributed by atoms with E-state index in [0.717, 1.165) is 0 Å². The molecule has 1 heterocycles. The second-order valence-electron chi connectivity index (χ2n) is 5.66. The van der Waals surface area contributed by atoms with Crippen LogP contribution in [0.4, 0.5) is 13.2 Å². The van der Waals surface area contributed by atoms with Crippen LogP contribution >= 0.6 is 0 Å². The van der Waals surface area contributed by atoms with Crippen molar-refractivity contribution in [1.29, 1.82) is 0 Å². The summed E-state index contributed by atoms with van der Waals surface area (Å²) in [5.74, 6) is -2.83. The molecular formula is C13H19F3O3. The van der Waals surface area contributed by atoms with Gasteiger partial charge in [-0.25, -0.2) is 0 Å². The number of alkyl halides is 3. The van der Waals surface area contributed by atoms with E-state index < -0.39 is 30.1 Å². The highest BCUT2D eigenvalue weighted by Crippen LogP contribution is 2.50. The van der Waals surface area contributed by atoms with Gasteiger partial charge in [0.15, 0.2) is 0 Å². The van der Waals surface area contributed by atoms with Crippen LogP contribution in [-0.2, 0) is 14.3 Å². The van der Waals surface area contributed by atoms with Crippen molar-refractivity contribution in [2.75, 3.05) is 7.11 Å². The summed E-state index contributed by atoms with van der Waals surface area (Å²) < 4.78 is 49.1. The lowest BCUT2D eigenvalue weighted by Crippen LogP contribution is -2.44. The summed E-state index contributed by atoms with van der Waals surface area (Å²) in [5.41, 5.74) is 0. The lowest BCUT2D eigenvalue weighted by Gasteiger charge is -2.38. The number of ether oxygens (including phenoxy) is 2. The van der Waals surface area contributed by atoms with Crippen LogP contribution in [0.2, 0.25) is 0 Å². The zero-order valence-corrected chi connectivity index (χ0v) is 11.2. The molecule has 3 nitrogen and oxygen atoms in total. The Labute approximate surface area is 110 Å². The summed E-state index contributed by atoms with van der Waals surface area (Å²) in [6.07, 6.45) is -5.12. The Morgan fingerprint density at radius 3 is 2.42 bits per heavy atom. The number of carbonyl (C=O) groups excluding carboxylic acids is 1. The van der Waals surface area contributed by atoms with Gasteiger partial charge in [0.2, 0.25) is 0 Å². The molecule has 0 aromatic rings. The van der Waals surface area contributed by atoms with Gasteiger partial charge >= 0.3 is 12.1 Å². The minimum atomic E-state index is -4.28. The van der Waals surface area contributed by atoms with Gasteiger partial charge in [-0.15, -0.1) is 0 Å². The van der Waals surface area contributed by atoms with Crippen LogP contribution in [0.15, 0.2) is 0 Å².